The number of aryl methyl sites for hydroxylation is 2. The van der Waals surface area contributed by atoms with E-state index in [0.29, 0.717) is 16.8 Å². The smallest absolute Gasteiger partial charge is 0.305 e. The van der Waals surface area contributed by atoms with E-state index >= 15 is 0 Å². The third-order valence-electron chi connectivity index (χ3n) is 3.21. The molecule has 1 amide bonds. The molecule has 1 atom stereocenters. The summed E-state index contributed by atoms with van der Waals surface area (Å²) in [5.41, 5.74) is 1.45. The topological polar surface area (TPSA) is 84.2 Å². The Morgan fingerprint density at radius 1 is 1.36 bits per heavy atom. The van der Waals surface area contributed by atoms with Crippen molar-refractivity contribution < 1.29 is 19.1 Å². The third-order valence-corrected chi connectivity index (χ3v) is 3.21. The summed E-state index contributed by atoms with van der Waals surface area (Å²) in [7, 11) is 1.69. The molecular formula is C15H16FN3O3. The average Bonchev–Trinajstić information content (AvgIpc) is 2.77. The number of aromatic nitrogens is 2. The molecule has 6 nitrogen and oxygen atoms in total. The second-order valence-electron chi connectivity index (χ2n) is 4.98. The first kappa shape index (κ1) is 15.7. The first-order chi connectivity index (χ1) is 10.4. The summed E-state index contributed by atoms with van der Waals surface area (Å²) in [6, 6.07) is 4.63. The van der Waals surface area contributed by atoms with Crippen LogP contribution >= 0.6 is 0 Å². The molecule has 1 unspecified atom stereocenters. The fourth-order valence-corrected chi connectivity index (χ4v) is 2.18. The molecule has 1 aromatic heterocycles. The molecule has 0 radical (unpaired) electrons. The summed E-state index contributed by atoms with van der Waals surface area (Å²) in [6.07, 6.45) is 1.27. The SMILES string of the molecule is Cc1nn(C)cc1C(=O)NC(CC(=O)O)c1ccc(F)cc1. The molecule has 2 rings (SSSR count). The van der Waals surface area contributed by atoms with Gasteiger partial charge >= 0.3 is 5.97 Å². The number of nitrogens with one attached hydrogen (secondary N) is 1. The van der Waals surface area contributed by atoms with Gasteiger partial charge in [-0.2, -0.15) is 5.10 Å². The first-order valence-corrected chi connectivity index (χ1v) is 6.65. The highest BCUT2D eigenvalue weighted by Crippen LogP contribution is 2.18. The van der Waals surface area contributed by atoms with Crippen LogP contribution in [0, 0.1) is 12.7 Å². The molecule has 22 heavy (non-hydrogen) atoms. The zero-order chi connectivity index (χ0) is 16.3. The van der Waals surface area contributed by atoms with Gasteiger partial charge in [-0.05, 0) is 24.6 Å². The molecule has 0 aliphatic carbocycles. The van der Waals surface area contributed by atoms with E-state index in [2.05, 4.69) is 10.4 Å². The maximum atomic E-state index is 13.0. The van der Waals surface area contributed by atoms with Gasteiger partial charge in [-0.15, -0.1) is 0 Å². The van der Waals surface area contributed by atoms with Gasteiger partial charge in [0, 0.05) is 13.2 Å². The van der Waals surface area contributed by atoms with Crippen molar-refractivity contribution in [1.82, 2.24) is 15.1 Å². The van der Waals surface area contributed by atoms with E-state index in [1.54, 1.807) is 20.2 Å². The Kier molecular flexibility index (Phi) is 4.55. The lowest BCUT2D eigenvalue weighted by molar-refractivity contribution is -0.137. The highest BCUT2D eigenvalue weighted by Gasteiger charge is 2.21. The van der Waals surface area contributed by atoms with Crippen molar-refractivity contribution in [2.75, 3.05) is 0 Å². The number of halogens is 1. The fraction of sp³-hybridized carbons (Fsp3) is 0.267. The normalized spacial score (nSPS) is 12.0. The number of aliphatic carboxylic acids is 1. The van der Waals surface area contributed by atoms with Crippen LogP contribution in [0.5, 0.6) is 0 Å². The van der Waals surface area contributed by atoms with Crippen molar-refractivity contribution in [3.8, 4) is 0 Å². The number of amides is 1. The van der Waals surface area contributed by atoms with Crippen LogP contribution in [0.1, 0.15) is 34.1 Å². The first-order valence-electron chi connectivity index (χ1n) is 6.65. The van der Waals surface area contributed by atoms with Crippen molar-refractivity contribution in [2.24, 2.45) is 7.05 Å². The number of carboxylic acid groups (broad SMARTS) is 1. The second-order valence-corrected chi connectivity index (χ2v) is 4.98. The Morgan fingerprint density at radius 3 is 2.50 bits per heavy atom. The minimum Gasteiger partial charge on any atom is -0.481 e. The highest BCUT2D eigenvalue weighted by molar-refractivity contribution is 5.95. The lowest BCUT2D eigenvalue weighted by Crippen LogP contribution is -2.30. The van der Waals surface area contributed by atoms with E-state index in [1.165, 1.54) is 28.9 Å². The molecule has 7 heteroatoms. The van der Waals surface area contributed by atoms with Crippen molar-refractivity contribution >= 4 is 11.9 Å². The minimum atomic E-state index is -1.06. The second kappa shape index (κ2) is 6.38. The van der Waals surface area contributed by atoms with E-state index in [4.69, 9.17) is 5.11 Å². The number of rotatable bonds is 5. The van der Waals surface area contributed by atoms with E-state index < -0.39 is 23.7 Å². The summed E-state index contributed by atoms with van der Waals surface area (Å²) in [6.45, 7) is 1.69. The largest absolute Gasteiger partial charge is 0.481 e. The Morgan fingerprint density at radius 2 is 2.00 bits per heavy atom. The summed E-state index contributed by atoms with van der Waals surface area (Å²) in [4.78, 5) is 23.3. The van der Waals surface area contributed by atoms with E-state index in [1.807, 2.05) is 0 Å². The van der Waals surface area contributed by atoms with Gasteiger partial charge in [0.1, 0.15) is 5.82 Å². The minimum absolute atomic E-state index is 0.295. The van der Waals surface area contributed by atoms with E-state index in [0.717, 1.165) is 0 Å². The van der Waals surface area contributed by atoms with Crippen molar-refractivity contribution in [3.05, 3.63) is 53.1 Å². The van der Waals surface area contributed by atoms with Crippen LogP contribution in [-0.4, -0.2) is 26.8 Å². The summed E-state index contributed by atoms with van der Waals surface area (Å²) >= 11 is 0. The summed E-state index contributed by atoms with van der Waals surface area (Å²) in [5.74, 6) is -1.90. The quantitative estimate of drug-likeness (QED) is 0.882. The van der Waals surface area contributed by atoms with Gasteiger partial charge in [-0.25, -0.2) is 4.39 Å². The molecule has 0 fully saturated rings. The molecule has 0 spiro atoms. The lowest BCUT2D eigenvalue weighted by Gasteiger charge is -2.17. The number of carboxylic acids is 1. The van der Waals surface area contributed by atoms with Crippen LogP contribution in [0.4, 0.5) is 4.39 Å². The number of carbonyl (C=O) groups excluding carboxylic acids is 1. The van der Waals surface area contributed by atoms with Gasteiger partial charge in [-0.1, -0.05) is 12.1 Å². The molecule has 1 aromatic carbocycles. The number of benzene rings is 1. The maximum Gasteiger partial charge on any atom is 0.305 e. The lowest BCUT2D eigenvalue weighted by atomic mass is 10.0. The van der Waals surface area contributed by atoms with Gasteiger partial charge in [0.2, 0.25) is 0 Å². The van der Waals surface area contributed by atoms with Crippen LogP contribution in [-0.2, 0) is 11.8 Å². The number of carbonyl (C=O) groups is 2. The Bertz CT molecular complexity index is 695. The van der Waals surface area contributed by atoms with Gasteiger partial charge in [0.05, 0.1) is 23.7 Å². The van der Waals surface area contributed by atoms with Gasteiger partial charge in [0.15, 0.2) is 0 Å². The average molecular weight is 305 g/mol. The fourth-order valence-electron chi connectivity index (χ4n) is 2.18. The summed E-state index contributed by atoms with van der Waals surface area (Å²) < 4.78 is 14.5. The van der Waals surface area contributed by atoms with E-state index in [-0.39, 0.29) is 6.42 Å². The Labute approximate surface area is 126 Å². The van der Waals surface area contributed by atoms with Gasteiger partial charge in [-0.3, -0.25) is 14.3 Å². The number of hydrogen-bond donors (Lipinski definition) is 2. The number of nitrogens with zero attached hydrogens (tertiary/aromatic N) is 2. The zero-order valence-corrected chi connectivity index (χ0v) is 12.2. The molecule has 2 aromatic rings. The molecular weight excluding hydrogens is 289 g/mol. The summed E-state index contributed by atoms with van der Waals surface area (Å²) in [5, 5.41) is 15.7. The van der Waals surface area contributed by atoms with Gasteiger partial charge in [0.25, 0.3) is 5.91 Å². The standard InChI is InChI=1S/C15H16FN3O3/c1-9-12(8-19(2)18-9)15(22)17-13(7-14(20)21)10-3-5-11(16)6-4-10/h3-6,8,13H,7H2,1-2H3,(H,17,22)(H,20,21). The Hall–Kier alpha value is -2.70. The predicted molar refractivity (Wildman–Crippen MR) is 76.8 cm³/mol. The number of hydrogen-bond acceptors (Lipinski definition) is 3. The molecule has 2 N–H and O–H groups in total. The van der Waals surface area contributed by atoms with Crippen LogP contribution < -0.4 is 5.32 Å². The monoisotopic (exact) mass is 305 g/mol. The van der Waals surface area contributed by atoms with Crippen molar-refractivity contribution in [3.63, 3.8) is 0 Å². The Balaban J connectivity index is 2.23. The van der Waals surface area contributed by atoms with Crippen LogP contribution in [0.15, 0.2) is 30.5 Å². The molecule has 1 heterocycles. The molecule has 0 saturated carbocycles. The third kappa shape index (κ3) is 3.69. The molecule has 0 bridgehead atoms. The zero-order valence-electron chi connectivity index (χ0n) is 12.2. The van der Waals surface area contributed by atoms with Gasteiger partial charge < -0.3 is 10.4 Å². The van der Waals surface area contributed by atoms with Crippen LogP contribution in [0.25, 0.3) is 0 Å². The predicted octanol–water partition coefficient (Wildman–Crippen LogP) is 1.81. The van der Waals surface area contributed by atoms with Crippen LogP contribution in [0.3, 0.4) is 0 Å². The van der Waals surface area contributed by atoms with Crippen molar-refractivity contribution in [1.29, 1.82) is 0 Å². The maximum absolute atomic E-state index is 13.0. The molecule has 0 aliphatic heterocycles. The molecule has 0 aliphatic rings. The van der Waals surface area contributed by atoms with E-state index in [9.17, 15) is 14.0 Å². The molecule has 116 valence electrons. The van der Waals surface area contributed by atoms with Crippen LogP contribution in [0.2, 0.25) is 0 Å². The molecule has 0 saturated heterocycles. The highest BCUT2D eigenvalue weighted by atomic mass is 19.1. The van der Waals surface area contributed by atoms with Crippen molar-refractivity contribution in [2.45, 2.75) is 19.4 Å².